The van der Waals surface area contributed by atoms with Crippen LogP contribution in [0.25, 0.3) is 10.6 Å². The van der Waals surface area contributed by atoms with E-state index in [1.165, 1.54) is 23.5 Å². The minimum Gasteiger partial charge on any atom is -0.270 e. The molecule has 2 amide bonds. The first-order valence-corrected chi connectivity index (χ1v) is 12.7. The molecule has 0 aliphatic carbocycles. The molecule has 5 rings (SSSR count). The van der Waals surface area contributed by atoms with Gasteiger partial charge in [0.1, 0.15) is 5.01 Å². The molecule has 0 spiro atoms. The summed E-state index contributed by atoms with van der Waals surface area (Å²) < 4.78 is 28.0. The lowest BCUT2D eigenvalue weighted by atomic mass is 10.1. The summed E-state index contributed by atoms with van der Waals surface area (Å²) >= 11 is 1.43. The van der Waals surface area contributed by atoms with Crippen LogP contribution in [0.5, 0.6) is 0 Å². The van der Waals surface area contributed by atoms with E-state index in [4.69, 9.17) is 0 Å². The molecule has 10 heteroatoms. The zero-order valence-electron chi connectivity index (χ0n) is 17.7. The van der Waals surface area contributed by atoms with Gasteiger partial charge >= 0.3 is 0 Å². The average Bonchev–Trinajstić information content (AvgIpc) is 3.43. The number of rotatable bonds is 7. The number of imide groups is 1. The number of carbonyl (C=O) groups is 2. The molecule has 0 saturated carbocycles. The van der Waals surface area contributed by atoms with Crippen molar-refractivity contribution < 1.29 is 18.0 Å². The Labute approximate surface area is 200 Å². The van der Waals surface area contributed by atoms with E-state index in [0.717, 1.165) is 15.5 Å². The molecule has 2 aromatic heterocycles. The first-order valence-electron chi connectivity index (χ1n) is 10.3. The van der Waals surface area contributed by atoms with E-state index < -0.39 is 10.0 Å². The van der Waals surface area contributed by atoms with E-state index in [-0.39, 0.29) is 29.8 Å². The number of nitrogens with zero attached hydrogens (tertiary/aromatic N) is 3. The molecule has 2 aromatic carbocycles. The standard InChI is InChI=1S/C24H18N4O4S2/c29-23-20-3-1-2-4-21(20)24(30)28(23)14-16-5-7-19(8-6-16)34(31,32)26-13-18-15-33-22(27-18)17-9-11-25-12-10-17/h1-12,15,26H,13-14H2. The second-order valence-corrected chi connectivity index (χ2v) is 10.2. The molecule has 4 aromatic rings. The van der Waals surface area contributed by atoms with Gasteiger partial charge in [-0.3, -0.25) is 19.5 Å². The largest absolute Gasteiger partial charge is 0.270 e. The number of carbonyl (C=O) groups excluding carboxylic acids is 2. The predicted octanol–water partition coefficient (Wildman–Crippen LogP) is 3.48. The smallest absolute Gasteiger partial charge is 0.261 e. The Morgan fingerprint density at radius 2 is 1.53 bits per heavy atom. The Morgan fingerprint density at radius 3 is 2.18 bits per heavy atom. The number of nitrogens with one attached hydrogen (secondary N) is 1. The van der Waals surface area contributed by atoms with Crippen molar-refractivity contribution in [3.05, 3.63) is 101 Å². The van der Waals surface area contributed by atoms with Crippen molar-refractivity contribution in [1.82, 2.24) is 19.6 Å². The molecule has 3 heterocycles. The van der Waals surface area contributed by atoms with Gasteiger partial charge in [-0.15, -0.1) is 11.3 Å². The topological polar surface area (TPSA) is 109 Å². The fourth-order valence-electron chi connectivity index (χ4n) is 3.61. The summed E-state index contributed by atoms with van der Waals surface area (Å²) in [7, 11) is -3.77. The molecule has 0 saturated heterocycles. The highest BCUT2D eigenvalue weighted by Crippen LogP contribution is 2.25. The number of hydrogen-bond acceptors (Lipinski definition) is 7. The van der Waals surface area contributed by atoms with Gasteiger partial charge < -0.3 is 0 Å². The Kier molecular flexibility index (Phi) is 5.78. The molecule has 0 atom stereocenters. The van der Waals surface area contributed by atoms with Crippen LogP contribution in [0.4, 0.5) is 0 Å². The Morgan fingerprint density at radius 1 is 0.882 bits per heavy atom. The number of aromatic nitrogens is 2. The summed E-state index contributed by atoms with van der Waals surface area (Å²) in [5, 5.41) is 2.60. The number of fused-ring (bicyclic) bond motifs is 1. The van der Waals surface area contributed by atoms with Crippen molar-refractivity contribution in [3.8, 4) is 10.6 Å². The predicted molar refractivity (Wildman–Crippen MR) is 126 cm³/mol. The Hall–Kier alpha value is -3.73. The van der Waals surface area contributed by atoms with Crippen LogP contribution in [0, 0.1) is 0 Å². The van der Waals surface area contributed by atoms with Crippen LogP contribution in [0.3, 0.4) is 0 Å². The van der Waals surface area contributed by atoms with Gasteiger partial charge in [0, 0.05) is 23.3 Å². The third-order valence-corrected chi connectivity index (χ3v) is 7.73. The summed E-state index contributed by atoms with van der Waals surface area (Å²) in [5.41, 5.74) is 2.94. The second-order valence-electron chi connectivity index (χ2n) is 7.59. The van der Waals surface area contributed by atoms with Crippen LogP contribution >= 0.6 is 11.3 Å². The Bertz CT molecular complexity index is 1450. The molecule has 170 valence electrons. The van der Waals surface area contributed by atoms with Crippen LogP contribution in [0.1, 0.15) is 32.0 Å². The minimum atomic E-state index is -3.77. The van der Waals surface area contributed by atoms with E-state index in [0.29, 0.717) is 22.4 Å². The molecule has 0 fully saturated rings. The quantitative estimate of drug-likeness (QED) is 0.397. The van der Waals surface area contributed by atoms with Gasteiger partial charge in [-0.1, -0.05) is 24.3 Å². The molecule has 1 aliphatic rings. The van der Waals surface area contributed by atoms with Crippen molar-refractivity contribution in [2.45, 2.75) is 18.0 Å². The van der Waals surface area contributed by atoms with Gasteiger partial charge in [-0.05, 0) is 42.0 Å². The number of pyridine rings is 1. The highest BCUT2D eigenvalue weighted by atomic mass is 32.2. The number of benzene rings is 2. The van der Waals surface area contributed by atoms with E-state index in [2.05, 4.69) is 14.7 Å². The van der Waals surface area contributed by atoms with Crippen LogP contribution in [0.15, 0.2) is 83.3 Å². The maximum absolute atomic E-state index is 12.7. The lowest BCUT2D eigenvalue weighted by Gasteiger charge is -2.14. The molecule has 1 aliphatic heterocycles. The summed E-state index contributed by atoms with van der Waals surface area (Å²) in [6, 6.07) is 16.5. The lowest BCUT2D eigenvalue weighted by Crippen LogP contribution is -2.29. The first-order chi connectivity index (χ1) is 16.4. The van der Waals surface area contributed by atoms with Crippen molar-refractivity contribution in [2.75, 3.05) is 0 Å². The van der Waals surface area contributed by atoms with Crippen LogP contribution in [-0.2, 0) is 23.1 Å². The average molecular weight is 491 g/mol. The minimum absolute atomic E-state index is 0.0563. The zero-order chi connectivity index (χ0) is 23.7. The second kappa shape index (κ2) is 8.90. The number of sulfonamides is 1. The third-order valence-electron chi connectivity index (χ3n) is 5.37. The molecular formula is C24H18N4O4S2. The highest BCUT2D eigenvalue weighted by molar-refractivity contribution is 7.89. The molecular weight excluding hydrogens is 472 g/mol. The van der Waals surface area contributed by atoms with Gasteiger partial charge in [0.15, 0.2) is 0 Å². The first kappa shape index (κ1) is 22.1. The van der Waals surface area contributed by atoms with Crippen LogP contribution in [0.2, 0.25) is 0 Å². The van der Waals surface area contributed by atoms with Crippen LogP contribution < -0.4 is 4.72 Å². The fraction of sp³-hybridized carbons (Fsp3) is 0.0833. The number of hydrogen-bond donors (Lipinski definition) is 1. The maximum atomic E-state index is 12.7. The molecule has 0 bridgehead atoms. The summed E-state index contributed by atoms with van der Waals surface area (Å²) in [6.07, 6.45) is 3.36. The summed E-state index contributed by atoms with van der Waals surface area (Å²) in [6.45, 7) is 0.122. The van der Waals surface area contributed by atoms with Crippen molar-refractivity contribution in [2.24, 2.45) is 0 Å². The fourth-order valence-corrected chi connectivity index (χ4v) is 5.43. The maximum Gasteiger partial charge on any atom is 0.261 e. The van der Waals surface area contributed by atoms with Gasteiger partial charge in [-0.25, -0.2) is 18.1 Å². The molecule has 0 unspecified atom stereocenters. The monoisotopic (exact) mass is 490 g/mol. The normalized spacial score (nSPS) is 13.4. The van der Waals surface area contributed by atoms with Gasteiger partial charge in [-0.2, -0.15) is 0 Å². The molecule has 0 radical (unpaired) electrons. The highest BCUT2D eigenvalue weighted by Gasteiger charge is 2.34. The zero-order valence-corrected chi connectivity index (χ0v) is 19.3. The Balaban J connectivity index is 1.24. The summed E-state index contributed by atoms with van der Waals surface area (Å²) in [5.74, 6) is -0.707. The number of amides is 2. The molecule has 1 N–H and O–H groups in total. The molecule has 8 nitrogen and oxygen atoms in total. The molecule has 34 heavy (non-hydrogen) atoms. The van der Waals surface area contributed by atoms with Crippen molar-refractivity contribution >= 4 is 33.2 Å². The van der Waals surface area contributed by atoms with Crippen molar-refractivity contribution in [3.63, 3.8) is 0 Å². The number of thiazole rings is 1. The van der Waals surface area contributed by atoms with Gasteiger partial charge in [0.05, 0.1) is 34.8 Å². The van der Waals surface area contributed by atoms with E-state index in [1.54, 1.807) is 48.8 Å². The van der Waals surface area contributed by atoms with Gasteiger partial charge in [0.25, 0.3) is 11.8 Å². The van der Waals surface area contributed by atoms with Crippen molar-refractivity contribution in [1.29, 1.82) is 0 Å². The summed E-state index contributed by atoms with van der Waals surface area (Å²) in [4.78, 5) is 34.8. The third kappa shape index (κ3) is 4.26. The van der Waals surface area contributed by atoms with E-state index in [9.17, 15) is 18.0 Å². The lowest BCUT2D eigenvalue weighted by molar-refractivity contribution is 0.0642. The van der Waals surface area contributed by atoms with Gasteiger partial charge in [0.2, 0.25) is 10.0 Å². The van der Waals surface area contributed by atoms with E-state index >= 15 is 0 Å². The van der Waals surface area contributed by atoms with E-state index in [1.807, 2.05) is 17.5 Å². The van der Waals surface area contributed by atoms with Crippen LogP contribution in [-0.4, -0.2) is 35.1 Å². The SMILES string of the molecule is O=C1c2ccccc2C(=O)N1Cc1ccc(S(=O)(=O)NCc2csc(-c3ccncc3)n2)cc1.